The number of para-hydroxylation sites is 2. The maximum absolute atomic E-state index is 4.19. The van der Waals surface area contributed by atoms with Gasteiger partial charge in [-0.3, -0.25) is 9.98 Å². The maximum Gasteiger partial charge on any atom is 0.140 e. The molecule has 2 rings (SSSR count). The second-order valence-electron chi connectivity index (χ2n) is 2.07. The molecule has 2 radical (unpaired) electrons. The lowest BCUT2D eigenvalue weighted by molar-refractivity contribution is 0.957. The summed E-state index contributed by atoms with van der Waals surface area (Å²) in [6.45, 7) is 3.39. The molecule has 0 spiro atoms. The second kappa shape index (κ2) is 2.21. The molecular formula is C8H6N2. The van der Waals surface area contributed by atoms with E-state index in [-0.39, 0.29) is 0 Å². The average Bonchev–Trinajstić information content (AvgIpc) is 2.05. The van der Waals surface area contributed by atoms with Gasteiger partial charge in [0, 0.05) is 0 Å². The van der Waals surface area contributed by atoms with E-state index in [1.165, 1.54) is 0 Å². The van der Waals surface area contributed by atoms with Gasteiger partial charge in [0.2, 0.25) is 0 Å². The van der Waals surface area contributed by atoms with Crippen LogP contribution in [0, 0.1) is 6.54 Å². The molecule has 0 N–H and O–H groups in total. The summed E-state index contributed by atoms with van der Waals surface area (Å²) in [6.07, 6.45) is 0. The van der Waals surface area contributed by atoms with Crippen LogP contribution in [0.1, 0.15) is 0 Å². The van der Waals surface area contributed by atoms with Gasteiger partial charge in [0.25, 0.3) is 0 Å². The molecule has 10 heavy (non-hydrogen) atoms. The minimum Gasteiger partial charge on any atom is -0.280 e. The van der Waals surface area contributed by atoms with E-state index in [1.54, 1.807) is 0 Å². The molecule has 1 aromatic carbocycles. The summed E-state index contributed by atoms with van der Waals surface area (Å²) in [5, 5.41) is 1.90. The molecule has 1 aromatic rings. The van der Waals surface area contributed by atoms with E-state index in [0.29, 0.717) is 6.54 Å². The monoisotopic (exact) mass is 130 g/mol. The first kappa shape index (κ1) is 5.59. The van der Waals surface area contributed by atoms with Gasteiger partial charge >= 0.3 is 0 Å². The van der Waals surface area contributed by atoms with Crippen molar-refractivity contribution in [3.05, 3.63) is 41.5 Å². The summed E-state index contributed by atoms with van der Waals surface area (Å²) in [5.74, 6) is 0. The van der Waals surface area contributed by atoms with Gasteiger partial charge in [-0.15, -0.1) is 0 Å². The molecule has 0 aromatic heterocycles. The first-order chi connectivity index (χ1) is 4.97. The van der Waals surface area contributed by atoms with Gasteiger partial charge in [0.15, 0.2) is 0 Å². The van der Waals surface area contributed by atoms with Crippen LogP contribution in [0.5, 0.6) is 0 Å². The molecule has 0 aliphatic carbocycles. The third kappa shape index (κ3) is 0.817. The lowest BCUT2D eigenvalue weighted by atomic mass is 10.3. The number of hydrogen-bond donors (Lipinski definition) is 0. The minimum absolute atomic E-state index is 0.594. The van der Waals surface area contributed by atoms with Crippen molar-refractivity contribution < 1.29 is 0 Å². The van der Waals surface area contributed by atoms with E-state index in [9.17, 15) is 0 Å². The Balaban J connectivity index is 2.84. The quantitative estimate of drug-likeness (QED) is 0.471. The van der Waals surface area contributed by atoms with Crippen molar-refractivity contribution in [2.24, 2.45) is 9.98 Å². The maximum atomic E-state index is 4.19. The highest BCUT2D eigenvalue weighted by Crippen LogP contribution is 1.82. The summed E-state index contributed by atoms with van der Waals surface area (Å²) in [5.41, 5.74) is 0. The average molecular weight is 130 g/mol. The molecule has 0 saturated carbocycles. The van der Waals surface area contributed by atoms with Crippen LogP contribution in [0.15, 0.2) is 34.3 Å². The van der Waals surface area contributed by atoms with Crippen molar-refractivity contribution in [3.8, 4) is 0 Å². The van der Waals surface area contributed by atoms with Gasteiger partial charge in [-0.2, -0.15) is 0 Å². The highest BCUT2D eigenvalue weighted by molar-refractivity contribution is 5.02. The van der Waals surface area contributed by atoms with Crippen LogP contribution < -0.4 is 10.7 Å². The van der Waals surface area contributed by atoms with E-state index in [0.717, 1.165) is 10.7 Å². The largest absolute Gasteiger partial charge is 0.280 e. The number of benzene rings is 1. The highest BCUT2D eigenvalue weighted by atomic mass is 14.8. The van der Waals surface area contributed by atoms with Gasteiger partial charge in [-0.1, -0.05) is 12.1 Å². The summed E-state index contributed by atoms with van der Waals surface area (Å²) in [7, 11) is 0. The molecule has 0 bridgehead atoms. The molecule has 0 unspecified atom stereocenters. The van der Waals surface area contributed by atoms with Gasteiger partial charge in [-0.05, 0) is 12.1 Å². The van der Waals surface area contributed by atoms with E-state index in [1.807, 2.05) is 24.3 Å². The van der Waals surface area contributed by atoms with Crippen molar-refractivity contribution >= 4 is 0 Å². The molecule has 1 heterocycles. The number of hydrogen-bond acceptors (Lipinski definition) is 2. The predicted molar refractivity (Wildman–Crippen MR) is 36.9 cm³/mol. The summed E-state index contributed by atoms with van der Waals surface area (Å²) in [4.78, 5) is 8.24. The second-order valence-corrected chi connectivity index (χ2v) is 2.07. The van der Waals surface area contributed by atoms with Crippen molar-refractivity contribution in [2.75, 3.05) is 6.54 Å². The zero-order valence-electron chi connectivity index (χ0n) is 5.41. The molecule has 0 fully saturated rings. The summed E-state index contributed by atoms with van der Waals surface area (Å²) >= 11 is 0. The Labute approximate surface area is 58.9 Å². The van der Waals surface area contributed by atoms with Crippen LogP contribution >= 0.6 is 0 Å². The number of rotatable bonds is 0. The van der Waals surface area contributed by atoms with Crippen LogP contribution in [0.4, 0.5) is 0 Å². The molecule has 48 valence electrons. The van der Waals surface area contributed by atoms with Gasteiger partial charge in [-0.25, -0.2) is 0 Å². The van der Waals surface area contributed by atoms with Crippen molar-refractivity contribution in [1.29, 1.82) is 0 Å². The fraction of sp³-hybridized carbons (Fsp3) is 0.125. The Hall–Kier alpha value is -1.18. The molecule has 2 heteroatoms. The standard InChI is InChI=1S/C8H6N2/c1-2-4-8-7(3-1)9-5-6-10-8/h1-4H,5H2. The highest BCUT2D eigenvalue weighted by Gasteiger charge is 1.92. The molecule has 0 atom stereocenters. The van der Waals surface area contributed by atoms with E-state index in [4.69, 9.17) is 0 Å². The predicted octanol–water partition coefficient (Wildman–Crippen LogP) is -0.0218. The van der Waals surface area contributed by atoms with Crippen LogP contribution in [0.2, 0.25) is 0 Å². The first-order valence-electron chi connectivity index (χ1n) is 3.17. The van der Waals surface area contributed by atoms with Crippen LogP contribution in [-0.2, 0) is 0 Å². The van der Waals surface area contributed by atoms with E-state index >= 15 is 0 Å². The summed E-state index contributed by atoms with van der Waals surface area (Å²) in [6, 6.07) is 7.80. The fourth-order valence-corrected chi connectivity index (χ4v) is 0.933. The Bertz CT molecular complexity index is 306. The van der Waals surface area contributed by atoms with Gasteiger partial charge in [0.05, 0.1) is 17.3 Å². The smallest absolute Gasteiger partial charge is 0.140 e. The lowest BCUT2D eigenvalue weighted by Gasteiger charge is -1.94. The van der Waals surface area contributed by atoms with Crippen LogP contribution in [0.25, 0.3) is 0 Å². The van der Waals surface area contributed by atoms with Crippen molar-refractivity contribution in [3.63, 3.8) is 0 Å². The fourth-order valence-electron chi connectivity index (χ4n) is 0.933. The van der Waals surface area contributed by atoms with E-state index in [2.05, 4.69) is 16.5 Å². The minimum atomic E-state index is 0.594. The molecule has 2 nitrogen and oxygen atoms in total. The first-order valence-corrected chi connectivity index (χ1v) is 3.17. The zero-order chi connectivity index (χ0) is 6.81. The lowest BCUT2D eigenvalue weighted by Crippen LogP contribution is -2.27. The zero-order valence-corrected chi connectivity index (χ0v) is 5.41. The normalized spacial score (nSPS) is 14.8. The molecular weight excluding hydrogens is 124 g/mol. The molecule has 1 aliphatic rings. The van der Waals surface area contributed by atoms with Crippen molar-refractivity contribution in [1.82, 2.24) is 0 Å². The number of nitrogens with zero attached hydrogens (tertiary/aromatic N) is 2. The Kier molecular flexibility index (Phi) is 1.24. The molecule has 0 amide bonds. The topological polar surface area (TPSA) is 24.7 Å². The summed E-state index contributed by atoms with van der Waals surface area (Å²) < 4.78 is 0. The Morgan fingerprint density at radius 2 is 2.00 bits per heavy atom. The van der Waals surface area contributed by atoms with Crippen LogP contribution in [-0.4, -0.2) is 6.54 Å². The third-order valence-electron chi connectivity index (χ3n) is 1.40. The molecule has 0 saturated heterocycles. The van der Waals surface area contributed by atoms with Gasteiger partial charge in [0.1, 0.15) is 6.54 Å². The Morgan fingerprint density at radius 1 is 1.20 bits per heavy atom. The SMILES string of the molecule is [C]1CN=c2ccccc2=N1. The molecule has 1 aliphatic heterocycles. The third-order valence-corrected chi connectivity index (χ3v) is 1.40. The Morgan fingerprint density at radius 3 is 2.80 bits per heavy atom. The van der Waals surface area contributed by atoms with Gasteiger partial charge < -0.3 is 0 Å². The van der Waals surface area contributed by atoms with E-state index < -0.39 is 0 Å². The van der Waals surface area contributed by atoms with Crippen LogP contribution in [0.3, 0.4) is 0 Å². The van der Waals surface area contributed by atoms with Crippen molar-refractivity contribution in [2.45, 2.75) is 0 Å². The number of fused-ring (bicyclic) bond motifs is 1.